The molecule has 1 N–H and O–H groups in total. The zero-order chi connectivity index (χ0) is 20.4. The van der Waals surface area contributed by atoms with Crippen molar-refractivity contribution in [2.45, 2.75) is 25.5 Å². The minimum Gasteiger partial charge on any atom is -0.496 e. The van der Waals surface area contributed by atoms with Crippen molar-refractivity contribution in [2.24, 2.45) is 0 Å². The molecule has 2 aromatic carbocycles. The molecular weight excluding hydrogens is 384 g/mol. The Balaban J connectivity index is 1.60. The van der Waals surface area contributed by atoms with Gasteiger partial charge in [-0.1, -0.05) is 42.1 Å². The number of hydrogen-bond acceptors (Lipinski definition) is 5. The summed E-state index contributed by atoms with van der Waals surface area (Å²) >= 11 is 1.41. The van der Waals surface area contributed by atoms with Crippen LogP contribution in [0.4, 0.5) is 0 Å². The number of benzene rings is 2. The first-order valence-corrected chi connectivity index (χ1v) is 10.4. The number of ketones is 1. The third-order valence-electron chi connectivity index (χ3n) is 4.89. The molecule has 2 heterocycles. The first-order chi connectivity index (χ1) is 14.1. The van der Waals surface area contributed by atoms with Gasteiger partial charge in [-0.15, -0.1) is 10.2 Å². The number of H-pyrrole nitrogens is 1. The lowest BCUT2D eigenvalue weighted by Crippen LogP contribution is -2.06. The molecule has 7 heteroatoms. The Labute approximate surface area is 173 Å². The maximum Gasteiger partial charge on any atom is 0.191 e. The standard InChI is InChI=1S/C22H22N4O2S/c1-4-26-21(16-10-6-8-12-19(16)28-3)24-25-22(26)29-13-18(27)20-14(2)23-17-11-7-5-9-15(17)20/h5-12,23H,4,13H2,1-3H3. The van der Waals surface area contributed by atoms with Gasteiger partial charge in [0.1, 0.15) is 5.75 Å². The van der Waals surface area contributed by atoms with Crippen LogP contribution in [0.3, 0.4) is 0 Å². The molecule has 4 rings (SSSR count). The molecule has 0 radical (unpaired) electrons. The van der Waals surface area contributed by atoms with Crippen molar-refractivity contribution >= 4 is 28.4 Å². The van der Waals surface area contributed by atoms with E-state index in [0.717, 1.165) is 44.5 Å². The second-order valence-corrected chi connectivity index (χ2v) is 7.58. The van der Waals surface area contributed by atoms with Crippen molar-refractivity contribution in [3.05, 3.63) is 59.8 Å². The van der Waals surface area contributed by atoms with Crippen LogP contribution in [0.25, 0.3) is 22.3 Å². The number of methoxy groups -OCH3 is 1. The van der Waals surface area contributed by atoms with Crippen LogP contribution in [0, 0.1) is 6.92 Å². The number of aryl methyl sites for hydroxylation is 1. The third kappa shape index (κ3) is 3.53. The average Bonchev–Trinajstić information content (AvgIpc) is 3.31. The largest absolute Gasteiger partial charge is 0.496 e. The van der Waals surface area contributed by atoms with Crippen LogP contribution in [0.2, 0.25) is 0 Å². The van der Waals surface area contributed by atoms with E-state index in [1.54, 1.807) is 7.11 Å². The molecule has 0 amide bonds. The predicted molar refractivity (Wildman–Crippen MR) is 116 cm³/mol. The van der Waals surface area contributed by atoms with E-state index in [1.165, 1.54) is 11.8 Å². The molecule has 0 aliphatic rings. The van der Waals surface area contributed by atoms with Gasteiger partial charge in [-0.3, -0.25) is 4.79 Å². The van der Waals surface area contributed by atoms with Gasteiger partial charge in [0.05, 0.1) is 18.4 Å². The molecule has 6 nitrogen and oxygen atoms in total. The minimum absolute atomic E-state index is 0.0782. The van der Waals surface area contributed by atoms with E-state index < -0.39 is 0 Å². The number of nitrogens with one attached hydrogen (secondary N) is 1. The number of aromatic nitrogens is 4. The molecule has 0 atom stereocenters. The summed E-state index contributed by atoms with van der Waals surface area (Å²) in [4.78, 5) is 16.3. The zero-order valence-electron chi connectivity index (χ0n) is 16.6. The Morgan fingerprint density at radius 3 is 2.69 bits per heavy atom. The monoisotopic (exact) mass is 406 g/mol. The lowest BCUT2D eigenvalue weighted by atomic mass is 10.1. The van der Waals surface area contributed by atoms with Crippen molar-refractivity contribution in [2.75, 3.05) is 12.9 Å². The first kappa shape index (κ1) is 19.3. The topological polar surface area (TPSA) is 72.8 Å². The lowest BCUT2D eigenvalue weighted by Gasteiger charge is -2.10. The molecule has 0 fully saturated rings. The summed E-state index contributed by atoms with van der Waals surface area (Å²) in [5.74, 6) is 1.86. The summed E-state index contributed by atoms with van der Waals surface area (Å²) in [6.45, 7) is 4.67. The smallest absolute Gasteiger partial charge is 0.191 e. The number of rotatable bonds is 7. The first-order valence-electron chi connectivity index (χ1n) is 9.44. The SMILES string of the molecule is CCn1c(SCC(=O)c2c(C)[nH]c3ccccc23)nnc1-c1ccccc1OC. The average molecular weight is 407 g/mol. The van der Waals surface area contributed by atoms with Crippen LogP contribution < -0.4 is 4.74 Å². The van der Waals surface area contributed by atoms with Gasteiger partial charge in [-0.25, -0.2) is 0 Å². The van der Waals surface area contributed by atoms with Crippen LogP contribution in [-0.2, 0) is 6.54 Å². The maximum absolute atomic E-state index is 13.0. The van der Waals surface area contributed by atoms with E-state index in [1.807, 2.05) is 66.9 Å². The summed E-state index contributed by atoms with van der Waals surface area (Å²) in [5.41, 5.74) is 3.51. The van der Waals surface area contributed by atoms with E-state index in [4.69, 9.17) is 4.74 Å². The number of carbonyl (C=O) groups is 1. The quantitative estimate of drug-likeness (QED) is 0.355. The van der Waals surface area contributed by atoms with E-state index in [2.05, 4.69) is 15.2 Å². The van der Waals surface area contributed by atoms with E-state index in [-0.39, 0.29) is 5.78 Å². The van der Waals surface area contributed by atoms with Crippen molar-refractivity contribution in [3.63, 3.8) is 0 Å². The number of aromatic amines is 1. The molecule has 148 valence electrons. The van der Waals surface area contributed by atoms with Gasteiger partial charge in [-0.2, -0.15) is 0 Å². The molecule has 2 aromatic heterocycles. The fraction of sp³-hybridized carbons (Fsp3) is 0.227. The number of fused-ring (bicyclic) bond motifs is 1. The Hall–Kier alpha value is -3.06. The van der Waals surface area contributed by atoms with E-state index in [0.29, 0.717) is 12.3 Å². The predicted octanol–water partition coefficient (Wildman–Crippen LogP) is 4.74. The van der Waals surface area contributed by atoms with Gasteiger partial charge in [0.25, 0.3) is 0 Å². The summed E-state index contributed by atoms with van der Waals surface area (Å²) in [7, 11) is 1.64. The normalized spacial score (nSPS) is 11.1. The molecule has 0 spiro atoms. The van der Waals surface area contributed by atoms with Crippen molar-refractivity contribution < 1.29 is 9.53 Å². The van der Waals surface area contributed by atoms with Crippen LogP contribution in [0.1, 0.15) is 23.0 Å². The number of Topliss-reactive ketones (excluding diaryl/α,β-unsaturated/α-hetero) is 1. The van der Waals surface area contributed by atoms with E-state index in [9.17, 15) is 4.79 Å². The second-order valence-electron chi connectivity index (χ2n) is 6.63. The molecule has 0 saturated heterocycles. The van der Waals surface area contributed by atoms with E-state index >= 15 is 0 Å². The fourth-order valence-corrected chi connectivity index (χ4v) is 4.42. The number of nitrogens with zero attached hydrogens (tertiary/aromatic N) is 3. The number of ether oxygens (including phenoxy) is 1. The molecule has 0 bridgehead atoms. The van der Waals surface area contributed by atoms with Crippen LogP contribution in [-0.4, -0.2) is 38.4 Å². The highest BCUT2D eigenvalue weighted by molar-refractivity contribution is 7.99. The Bertz CT molecular complexity index is 1180. The number of para-hydroxylation sites is 2. The zero-order valence-corrected chi connectivity index (χ0v) is 17.4. The summed E-state index contributed by atoms with van der Waals surface area (Å²) in [5, 5.41) is 10.4. The molecular formula is C22H22N4O2S. The van der Waals surface area contributed by atoms with Gasteiger partial charge in [0.15, 0.2) is 16.8 Å². The Morgan fingerprint density at radius 2 is 1.90 bits per heavy atom. The Kier molecular flexibility index (Phi) is 5.40. The number of hydrogen-bond donors (Lipinski definition) is 1. The van der Waals surface area contributed by atoms with Crippen molar-refractivity contribution in [3.8, 4) is 17.1 Å². The molecule has 0 aliphatic carbocycles. The third-order valence-corrected chi connectivity index (χ3v) is 5.85. The van der Waals surface area contributed by atoms with Gasteiger partial charge in [0.2, 0.25) is 0 Å². The van der Waals surface area contributed by atoms with Crippen LogP contribution >= 0.6 is 11.8 Å². The maximum atomic E-state index is 13.0. The molecule has 29 heavy (non-hydrogen) atoms. The molecule has 0 aliphatic heterocycles. The van der Waals surface area contributed by atoms with Gasteiger partial charge >= 0.3 is 0 Å². The highest BCUT2D eigenvalue weighted by atomic mass is 32.2. The number of thioether (sulfide) groups is 1. The minimum atomic E-state index is 0.0782. The van der Waals surface area contributed by atoms with Crippen LogP contribution in [0.15, 0.2) is 53.7 Å². The van der Waals surface area contributed by atoms with Crippen molar-refractivity contribution in [1.29, 1.82) is 0 Å². The highest BCUT2D eigenvalue weighted by Gasteiger charge is 2.20. The number of carbonyl (C=O) groups excluding carboxylic acids is 1. The molecule has 0 saturated carbocycles. The second kappa shape index (κ2) is 8.13. The van der Waals surface area contributed by atoms with Gasteiger partial charge < -0.3 is 14.3 Å². The molecule has 0 unspecified atom stereocenters. The van der Waals surface area contributed by atoms with Crippen LogP contribution in [0.5, 0.6) is 5.75 Å². The summed E-state index contributed by atoms with van der Waals surface area (Å²) < 4.78 is 7.48. The summed E-state index contributed by atoms with van der Waals surface area (Å²) in [6.07, 6.45) is 0. The Morgan fingerprint density at radius 1 is 1.14 bits per heavy atom. The lowest BCUT2D eigenvalue weighted by molar-refractivity contribution is 0.102. The summed E-state index contributed by atoms with van der Waals surface area (Å²) in [6, 6.07) is 15.6. The van der Waals surface area contributed by atoms with Crippen molar-refractivity contribution in [1.82, 2.24) is 19.7 Å². The van der Waals surface area contributed by atoms with Gasteiger partial charge in [0, 0.05) is 28.7 Å². The van der Waals surface area contributed by atoms with Gasteiger partial charge in [-0.05, 0) is 32.0 Å². The fourth-order valence-electron chi connectivity index (χ4n) is 3.55. The highest BCUT2D eigenvalue weighted by Crippen LogP contribution is 2.31. The molecule has 4 aromatic rings.